The van der Waals surface area contributed by atoms with Crippen LogP contribution in [0, 0.1) is 0 Å². The number of hydrogen-bond donors (Lipinski definition) is 1. The van der Waals surface area contributed by atoms with E-state index in [-0.39, 0.29) is 24.0 Å². The number of likely N-dealkylation sites (N-methyl/N-ethyl adjacent to an activating group) is 1. The van der Waals surface area contributed by atoms with Crippen molar-refractivity contribution in [3.05, 3.63) is 143 Å². The number of hydrogen-bond acceptors (Lipinski definition) is 5. The third-order valence-electron chi connectivity index (χ3n) is 9.15. The van der Waals surface area contributed by atoms with Crippen molar-refractivity contribution in [3.63, 3.8) is 0 Å². The van der Waals surface area contributed by atoms with Crippen LogP contribution in [-0.4, -0.2) is 78.6 Å². The van der Waals surface area contributed by atoms with Crippen molar-refractivity contribution < 1.29 is 23.6 Å². The number of carbonyl (C=O) groups excluding carboxylic acids is 3. The number of imide groups is 1. The summed E-state index contributed by atoms with van der Waals surface area (Å²) in [5.74, 6) is -0.406. The average molecular weight is 632 g/mol. The van der Waals surface area contributed by atoms with E-state index in [1.807, 2.05) is 60.7 Å². The Kier molecular flexibility index (Phi) is 9.80. The molecule has 3 amide bonds. The van der Waals surface area contributed by atoms with Crippen molar-refractivity contribution in [1.29, 1.82) is 0 Å². The van der Waals surface area contributed by atoms with Crippen molar-refractivity contribution >= 4 is 17.9 Å². The molecule has 1 N–H and O–H groups in total. The highest BCUT2D eigenvalue weighted by Crippen LogP contribution is 2.25. The molecule has 1 fully saturated rings. The monoisotopic (exact) mass is 631 g/mol. The molecule has 0 unspecified atom stereocenters. The van der Waals surface area contributed by atoms with Gasteiger partial charge >= 0.3 is 6.09 Å². The van der Waals surface area contributed by atoms with E-state index in [1.165, 1.54) is 16.0 Å². The van der Waals surface area contributed by atoms with Gasteiger partial charge in [0.15, 0.2) is 0 Å². The summed E-state index contributed by atoms with van der Waals surface area (Å²) in [6, 6.07) is 35.3. The molecule has 2 heterocycles. The molecule has 0 aliphatic carbocycles. The van der Waals surface area contributed by atoms with Gasteiger partial charge in [-0.25, -0.2) is 4.79 Å². The second kappa shape index (κ2) is 14.3. The molecule has 0 saturated carbocycles. The Bertz CT molecular complexity index is 1630. The molecule has 0 radical (unpaired) electrons. The highest BCUT2D eigenvalue weighted by Gasteiger charge is 2.36. The van der Waals surface area contributed by atoms with Crippen LogP contribution in [0.3, 0.4) is 0 Å². The zero-order valence-corrected chi connectivity index (χ0v) is 27.2. The lowest BCUT2D eigenvalue weighted by Crippen LogP contribution is -2.46. The van der Waals surface area contributed by atoms with Crippen LogP contribution < -0.4 is 5.32 Å². The number of benzene rings is 4. The predicted molar refractivity (Wildman–Crippen MR) is 182 cm³/mol. The molecule has 0 atom stereocenters. The molecule has 8 nitrogen and oxygen atoms in total. The molecule has 242 valence electrons. The van der Waals surface area contributed by atoms with Crippen molar-refractivity contribution in [3.8, 4) is 0 Å². The number of fused-ring (bicyclic) bond motifs is 1. The van der Waals surface area contributed by atoms with Crippen LogP contribution in [0.25, 0.3) is 0 Å². The molecular weight excluding hydrogens is 588 g/mol. The molecule has 2 aliphatic rings. The van der Waals surface area contributed by atoms with Gasteiger partial charge < -0.3 is 14.5 Å². The van der Waals surface area contributed by atoms with Crippen LogP contribution in [0.15, 0.2) is 109 Å². The first-order valence-corrected chi connectivity index (χ1v) is 16.4. The molecule has 0 bridgehead atoms. The SMILES string of the molecule is C[N+](C)(CCN1C(=O)c2ccccc2C1=O)Cc1cccc(CN2CCC(OC(=O)NC(c3ccccc3)c3ccccc3)CC2)c1. The summed E-state index contributed by atoms with van der Waals surface area (Å²) >= 11 is 0. The van der Waals surface area contributed by atoms with Gasteiger partial charge in [-0.2, -0.15) is 0 Å². The van der Waals surface area contributed by atoms with Gasteiger partial charge in [-0.3, -0.25) is 19.4 Å². The molecule has 0 spiro atoms. The highest BCUT2D eigenvalue weighted by molar-refractivity contribution is 6.21. The van der Waals surface area contributed by atoms with E-state index >= 15 is 0 Å². The smallest absolute Gasteiger partial charge is 0.408 e. The number of quaternary nitrogens is 1. The van der Waals surface area contributed by atoms with Gasteiger partial charge in [-0.1, -0.05) is 91.0 Å². The van der Waals surface area contributed by atoms with Crippen molar-refractivity contribution in [1.82, 2.24) is 15.1 Å². The molecule has 1 saturated heterocycles. The standard InChI is InChI=1S/C39H42N4O4/c1-43(2,25-24-42-37(44)34-18-9-10-19-35(34)38(42)45)28-30-13-11-12-29(26-30)27-41-22-20-33(21-23-41)47-39(46)40-36(31-14-5-3-6-15-31)32-16-7-4-8-17-32/h3-19,26,33,36H,20-25,27-28H2,1-2H3/p+1. The van der Waals surface area contributed by atoms with Crippen LogP contribution >= 0.6 is 0 Å². The van der Waals surface area contributed by atoms with Gasteiger partial charge in [0, 0.05) is 25.2 Å². The Morgan fingerprint density at radius 2 is 1.34 bits per heavy atom. The molecule has 47 heavy (non-hydrogen) atoms. The number of nitrogens with one attached hydrogen (secondary N) is 1. The third kappa shape index (κ3) is 7.96. The van der Waals surface area contributed by atoms with E-state index in [4.69, 9.17) is 4.74 Å². The average Bonchev–Trinajstić information content (AvgIpc) is 3.33. The lowest BCUT2D eigenvalue weighted by atomic mass is 9.99. The summed E-state index contributed by atoms with van der Waals surface area (Å²) in [6.45, 7) is 4.37. The van der Waals surface area contributed by atoms with E-state index in [0.29, 0.717) is 28.7 Å². The Morgan fingerprint density at radius 1 is 0.787 bits per heavy atom. The molecule has 8 heteroatoms. The molecular formula is C39H43N4O4+. The molecule has 4 aromatic rings. The van der Waals surface area contributed by atoms with Gasteiger partial charge in [0.25, 0.3) is 11.8 Å². The number of rotatable bonds is 11. The number of nitrogens with zero attached hydrogens (tertiary/aromatic N) is 3. The zero-order chi connectivity index (χ0) is 32.8. The van der Waals surface area contributed by atoms with Gasteiger partial charge in [0.1, 0.15) is 12.6 Å². The molecule has 0 aromatic heterocycles. The predicted octanol–water partition coefficient (Wildman–Crippen LogP) is 6.04. The van der Waals surface area contributed by atoms with E-state index in [9.17, 15) is 14.4 Å². The zero-order valence-electron chi connectivity index (χ0n) is 27.2. The Balaban J connectivity index is 0.974. The Morgan fingerprint density at radius 3 is 1.94 bits per heavy atom. The summed E-state index contributed by atoms with van der Waals surface area (Å²) in [5.41, 5.74) is 5.48. The molecule has 4 aromatic carbocycles. The largest absolute Gasteiger partial charge is 0.446 e. The van der Waals surface area contributed by atoms with E-state index in [0.717, 1.165) is 50.1 Å². The van der Waals surface area contributed by atoms with Crippen molar-refractivity contribution in [2.75, 3.05) is 40.3 Å². The third-order valence-corrected chi connectivity index (χ3v) is 9.15. The van der Waals surface area contributed by atoms with Crippen LogP contribution in [-0.2, 0) is 17.8 Å². The van der Waals surface area contributed by atoms with Crippen molar-refractivity contribution in [2.45, 2.75) is 38.1 Å². The lowest BCUT2D eigenvalue weighted by Gasteiger charge is -2.33. The van der Waals surface area contributed by atoms with Crippen LogP contribution in [0.2, 0.25) is 0 Å². The quantitative estimate of drug-likeness (QED) is 0.161. The van der Waals surface area contributed by atoms with Crippen LogP contribution in [0.1, 0.15) is 61.9 Å². The highest BCUT2D eigenvalue weighted by atomic mass is 16.6. The lowest BCUT2D eigenvalue weighted by molar-refractivity contribution is -0.902. The maximum atomic E-state index is 13.0. The number of amides is 3. The van der Waals surface area contributed by atoms with Gasteiger partial charge in [0.2, 0.25) is 0 Å². The summed E-state index contributed by atoms with van der Waals surface area (Å²) in [4.78, 5) is 42.4. The maximum Gasteiger partial charge on any atom is 0.408 e. The number of likely N-dealkylation sites (tertiary alicyclic amines) is 1. The van der Waals surface area contributed by atoms with Gasteiger partial charge in [-0.05, 0) is 47.7 Å². The second-order valence-corrected chi connectivity index (χ2v) is 13.2. The molecule has 2 aliphatic heterocycles. The fourth-order valence-corrected chi connectivity index (χ4v) is 6.61. The fraction of sp³-hybridized carbons (Fsp3) is 0.308. The number of carbonyl (C=O) groups is 3. The molecule has 6 rings (SSSR count). The number of ether oxygens (including phenoxy) is 1. The van der Waals surface area contributed by atoms with E-state index in [1.54, 1.807) is 24.3 Å². The van der Waals surface area contributed by atoms with Gasteiger partial charge in [-0.15, -0.1) is 0 Å². The minimum atomic E-state index is -0.391. The minimum absolute atomic E-state index is 0.120. The Hall–Kier alpha value is -4.79. The number of piperidine rings is 1. The van der Waals surface area contributed by atoms with Crippen molar-refractivity contribution in [2.24, 2.45) is 0 Å². The van der Waals surface area contributed by atoms with Crippen LogP contribution in [0.5, 0.6) is 0 Å². The van der Waals surface area contributed by atoms with E-state index < -0.39 is 6.09 Å². The maximum absolute atomic E-state index is 13.0. The first-order chi connectivity index (χ1) is 22.8. The van der Waals surface area contributed by atoms with E-state index in [2.05, 4.69) is 48.6 Å². The fourth-order valence-electron chi connectivity index (χ4n) is 6.61. The number of alkyl carbamates (subject to hydrolysis) is 1. The summed E-state index contributed by atoms with van der Waals surface area (Å²) < 4.78 is 6.55. The summed E-state index contributed by atoms with van der Waals surface area (Å²) in [5, 5.41) is 3.09. The minimum Gasteiger partial charge on any atom is -0.446 e. The normalized spacial score (nSPS) is 15.6. The summed E-state index contributed by atoms with van der Waals surface area (Å²) in [7, 11) is 4.27. The first kappa shape index (κ1) is 32.2. The van der Waals surface area contributed by atoms with Crippen LogP contribution in [0.4, 0.5) is 4.79 Å². The summed E-state index contributed by atoms with van der Waals surface area (Å²) in [6.07, 6.45) is 1.06. The van der Waals surface area contributed by atoms with Gasteiger partial charge in [0.05, 0.1) is 44.4 Å². The second-order valence-electron chi connectivity index (χ2n) is 13.2. The Labute approximate surface area is 277 Å². The topological polar surface area (TPSA) is 79.0 Å². The first-order valence-electron chi connectivity index (χ1n) is 16.4.